The first-order valence-corrected chi connectivity index (χ1v) is 9.18. The quantitative estimate of drug-likeness (QED) is 0.407. The number of phenols is 1. The van der Waals surface area contributed by atoms with Crippen molar-refractivity contribution in [2.45, 2.75) is 20.0 Å². The maximum Gasteiger partial charge on any atom is 0.413 e. The highest BCUT2D eigenvalue weighted by molar-refractivity contribution is 6.22. The van der Waals surface area contributed by atoms with E-state index in [4.69, 9.17) is 9.47 Å². The standard InChI is InChI=1S/C22H23NO7/c1-4-29-19-13-15(10-11-18(19)24)12-17(16-8-6-5-7-9-16)21(26)30-14(2)20(25)23-22(27)28-3/h5-14,24H,4H2,1-3H3,(H,23,25,27)/b17-12+/t14-/m0/s1. The molecule has 2 N–H and O–H groups in total. The van der Waals surface area contributed by atoms with E-state index < -0.39 is 24.1 Å². The van der Waals surface area contributed by atoms with Crippen LogP contribution in [0.15, 0.2) is 48.5 Å². The van der Waals surface area contributed by atoms with E-state index in [-0.39, 0.29) is 17.1 Å². The summed E-state index contributed by atoms with van der Waals surface area (Å²) in [7, 11) is 1.11. The zero-order valence-corrected chi connectivity index (χ0v) is 16.9. The Labute approximate surface area is 174 Å². The summed E-state index contributed by atoms with van der Waals surface area (Å²) in [6.07, 6.45) is -0.623. The molecule has 0 unspecified atom stereocenters. The lowest BCUT2D eigenvalue weighted by molar-refractivity contribution is -0.149. The van der Waals surface area contributed by atoms with Gasteiger partial charge in [-0.3, -0.25) is 10.1 Å². The molecule has 0 aliphatic carbocycles. The fourth-order valence-corrected chi connectivity index (χ4v) is 2.47. The number of hydrogen-bond donors (Lipinski definition) is 2. The van der Waals surface area contributed by atoms with E-state index in [0.29, 0.717) is 17.7 Å². The van der Waals surface area contributed by atoms with Crippen LogP contribution < -0.4 is 10.1 Å². The van der Waals surface area contributed by atoms with Crippen molar-refractivity contribution in [3.8, 4) is 11.5 Å². The summed E-state index contributed by atoms with van der Waals surface area (Å²) in [5.41, 5.74) is 1.33. The third-order valence-electron chi connectivity index (χ3n) is 3.96. The van der Waals surface area contributed by atoms with E-state index in [1.807, 2.05) is 5.32 Å². The molecule has 0 saturated heterocycles. The van der Waals surface area contributed by atoms with Gasteiger partial charge in [0.2, 0.25) is 0 Å². The van der Waals surface area contributed by atoms with Gasteiger partial charge < -0.3 is 19.3 Å². The van der Waals surface area contributed by atoms with Gasteiger partial charge in [0.1, 0.15) is 0 Å². The summed E-state index contributed by atoms with van der Waals surface area (Å²) in [4.78, 5) is 36.0. The van der Waals surface area contributed by atoms with Crippen LogP contribution in [-0.4, -0.2) is 42.9 Å². The smallest absolute Gasteiger partial charge is 0.413 e. The molecular formula is C22H23NO7. The van der Waals surface area contributed by atoms with Gasteiger partial charge in [-0.05, 0) is 43.2 Å². The number of methoxy groups -OCH3 is 1. The Morgan fingerprint density at radius 1 is 1.13 bits per heavy atom. The Balaban J connectivity index is 2.33. The van der Waals surface area contributed by atoms with Gasteiger partial charge in [-0.2, -0.15) is 0 Å². The van der Waals surface area contributed by atoms with E-state index in [0.717, 1.165) is 7.11 Å². The molecule has 2 amide bonds. The predicted molar refractivity (Wildman–Crippen MR) is 110 cm³/mol. The molecule has 0 aromatic heterocycles. The van der Waals surface area contributed by atoms with E-state index >= 15 is 0 Å². The van der Waals surface area contributed by atoms with Crippen molar-refractivity contribution in [3.05, 3.63) is 59.7 Å². The lowest BCUT2D eigenvalue weighted by Crippen LogP contribution is -2.39. The van der Waals surface area contributed by atoms with E-state index in [1.54, 1.807) is 55.5 Å². The molecule has 0 heterocycles. The number of carbonyl (C=O) groups is 3. The number of benzene rings is 2. The minimum atomic E-state index is -1.23. The van der Waals surface area contributed by atoms with Crippen LogP contribution in [0, 0.1) is 0 Å². The van der Waals surface area contributed by atoms with Crippen LogP contribution in [0.25, 0.3) is 11.6 Å². The van der Waals surface area contributed by atoms with Crippen LogP contribution in [0.1, 0.15) is 25.0 Å². The van der Waals surface area contributed by atoms with Crippen molar-refractivity contribution in [2.75, 3.05) is 13.7 Å². The highest BCUT2D eigenvalue weighted by atomic mass is 16.6. The Morgan fingerprint density at radius 3 is 2.47 bits per heavy atom. The zero-order valence-electron chi connectivity index (χ0n) is 16.9. The molecule has 0 fully saturated rings. The number of phenolic OH excluding ortho intramolecular Hbond substituents is 1. The second-order valence-electron chi connectivity index (χ2n) is 6.11. The summed E-state index contributed by atoms with van der Waals surface area (Å²) in [5, 5.41) is 11.8. The molecule has 8 nitrogen and oxygen atoms in total. The Bertz CT molecular complexity index is 938. The number of aromatic hydroxyl groups is 1. The van der Waals surface area contributed by atoms with Gasteiger partial charge >= 0.3 is 12.1 Å². The van der Waals surface area contributed by atoms with Gasteiger partial charge in [0, 0.05) is 0 Å². The first-order chi connectivity index (χ1) is 14.3. The first-order valence-electron chi connectivity index (χ1n) is 9.18. The molecule has 0 bridgehead atoms. The number of ether oxygens (including phenoxy) is 3. The summed E-state index contributed by atoms with van der Waals surface area (Å²) < 4.78 is 15.0. The number of hydrogen-bond acceptors (Lipinski definition) is 7. The molecular weight excluding hydrogens is 390 g/mol. The third-order valence-corrected chi connectivity index (χ3v) is 3.96. The van der Waals surface area contributed by atoms with Gasteiger partial charge in [0.25, 0.3) is 5.91 Å². The summed E-state index contributed by atoms with van der Waals surface area (Å²) in [6.45, 7) is 3.49. The van der Waals surface area contributed by atoms with E-state index in [2.05, 4.69) is 4.74 Å². The highest BCUT2D eigenvalue weighted by Gasteiger charge is 2.23. The lowest BCUT2D eigenvalue weighted by Gasteiger charge is -2.14. The molecule has 0 aliphatic rings. The lowest BCUT2D eigenvalue weighted by atomic mass is 10.0. The van der Waals surface area contributed by atoms with Gasteiger partial charge in [-0.1, -0.05) is 36.4 Å². The summed E-state index contributed by atoms with van der Waals surface area (Å²) in [6, 6.07) is 13.4. The van der Waals surface area contributed by atoms with Crippen molar-refractivity contribution >= 4 is 29.6 Å². The molecule has 158 valence electrons. The van der Waals surface area contributed by atoms with Crippen LogP contribution >= 0.6 is 0 Å². The topological polar surface area (TPSA) is 111 Å². The molecule has 2 aromatic carbocycles. The number of esters is 1. The van der Waals surface area contributed by atoms with Crippen LogP contribution in [0.5, 0.6) is 11.5 Å². The van der Waals surface area contributed by atoms with E-state index in [1.165, 1.54) is 13.0 Å². The molecule has 1 atom stereocenters. The average molecular weight is 413 g/mol. The van der Waals surface area contributed by atoms with Gasteiger partial charge in [-0.15, -0.1) is 0 Å². The minimum absolute atomic E-state index is 0.0223. The molecule has 30 heavy (non-hydrogen) atoms. The normalized spacial score (nSPS) is 11.9. The average Bonchev–Trinajstić information content (AvgIpc) is 2.74. The van der Waals surface area contributed by atoms with Crippen LogP contribution in [-0.2, 0) is 19.1 Å². The molecule has 0 radical (unpaired) electrons. The molecule has 0 spiro atoms. The van der Waals surface area contributed by atoms with E-state index in [9.17, 15) is 19.5 Å². The Hall–Kier alpha value is -3.81. The number of carbonyl (C=O) groups excluding carboxylic acids is 3. The van der Waals surface area contributed by atoms with Crippen LogP contribution in [0.3, 0.4) is 0 Å². The van der Waals surface area contributed by atoms with Crippen molar-refractivity contribution in [2.24, 2.45) is 0 Å². The number of amides is 2. The molecule has 2 rings (SSSR count). The number of imide groups is 1. The highest BCUT2D eigenvalue weighted by Crippen LogP contribution is 2.29. The Morgan fingerprint density at radius 2 is 1.83 bits per heavy atom. The largest absolute Gasteiger partial charge is 0.504 e. The Kier molecular flexibility index (Phi) is 7.99. The second kappa shape index (κ2) is 10.7. The first kappa shape index (κ1) is 22.5. The zero-order chi connectivity index (χ0) is 22.1. The van der Waals surface area contributed by atoms with Crippen molar-refractivity contribution < 1.29 is 33.7 Å². The predicted octanol–water partition coefficient (Wildman–Crippen LogP) is 3.15. The monoisotopic (exact) mass is 413 g/mol. The number of nitrogens with one attached hydrogen (secondary N) is 1. The second-order valence-corrected chi connectivity index (χ2v) is 6.11. The fraction of sp³-hybridized carbons (Fsp3) is 0.227. The summed E-state index contributed by atoms with van der Waals surface area (Å²) >= 11 is 0. The van der Waals surface area contributed by atoms with Crippen LogP contribution in [0.4, 0.5) is 4.79 Å². The van der Waals surface area contributed by atoms with Crippen molar-refractivity contribution in [1.82, 2.24) is 5.32 Å². The third kappa shape index (κ3) is 6.10. The maximum atomic E-state index is 12.8. The van der Waals surface area contributed by atoms with Gasteiger partial charge in [0.05, 0.1) is 19.3 Å². The minimum Gasteiger partial charge on any atom is -0.504 e. The van der Waals surface area contributed by atoms with Gasteiger partial charge in [-0.25, -0.2) is 9.59 Å². The number of alkyl carbamates (subject to hydrolysis) is 1. The van der Waals surface area contributed by atoms with Crippen molar-refractivity contribution in [3.63, 3.8) is 0 Å². The maximum absolute atomic E-state index is 12.8. The SMILES string of the molecule is CCOc1cc(/C=C(/C(=O)O[C@@H](C)C(=O)NC(=O)OC)c2ccccc2)ccc1O. The summed E-state index contributed by atoms with van der Waals surface area (Å²) in [5.74, 6) is -1.32. The fourth-order valence-electron chi connectivity index (χ4n) is 2.47. The molecule has 2 aromatic rings. The van der Waals surface area contributed by atoms with Crippen molar-refractivity contribution in [1.29, 1.82) is 0 Å². The number of rotatable bonds is 7. The van der Waals surface area contributed by atoms with Crippen LogP contribution in [0.2, 0.25) is 0 Å². The molecule has 0 saturated carbocycles. The molecule has 0 aliphatic heterocycles. The van der Waals surface area contributed by atoms with Gasteiger partial charge in [0.15, 0.2) is 17.6 Å². The molecule has 8 heteroatoms.